The average molecular weight is 381 g/mol. The van der Waals surface area contributed by atoms with Gasteiger partial charge in [-0.05, 0) is 17.7 Å². The summed E-state index contributed by atoms with van der Waals surface area (Å²) in [5.41, 5.74) is 4.32. The molecule has 0 saturated carbocycles. The SMILES string of the molecule is COc1cccc(/C=N/NC(=O)CSc2nnc(-c3ccccc3)n2C)c1. The molecule has 0 unspecified atom stereocenters. The molecule has 2 aromatic carbocycles. The monoisotopic (exact) mass is 381 g/mol. The first-order chi connectivity index (χ1) is 13.2. The molecule has 27 heavy (non-hydrogen) atoms. The van der Waals surface area contributed by atoms with Crippen LogP contribution in [0.5, 0.6) is 5.75 Å². The highest BCUT2D eigenvalue weighted by atomic mass is 32.2. The Morgan fingerprint density at radius 2 is 2.04 bits per heavy atom. The van der Waals surface area contributed by atoms with E-state index in [1.54, 1.807) is 13.3 Å². The minimum atomic E-state index is -0.219. The second-order valence-electron chi connectivity index (χ2n) is 5.59. The fourth-order valence-electron chi connectivity index (χ4n) is 2.34. The molecule has 138 valence electrons. The molecule has 0 radical (unpaired) electrons. The number of thioether (sulfide) groups is 1. The van der Waals surface area contributed by atoms with Crippen molar-refractivity contribution in [1.29, 1.82) is 0 Å². The molecule has 3 rings (SSSR count). The number of hydrazone groups is 1. The molecular weight excluding hydrogens is 362 g/mol. The molecule has 1 aromatic heterocycles. The Morgan fingerprint density at radius 1 is 1.22 bits per heavy atom. The highest BCUT2D eigenvalue weighted by molar-refractivity contribution is 7.99. The molecule has 3 aromatic rings. The zero-order valence-corrected chi connectivity index (χ0v) is 15.8. The van der Waals surface area contributed by atoms with E-state index in [1.807, 2.05) is 66.2 Å². The Balaban J connectivity index is 1.54. The van der Waals surface area contributed by atoms with Gasteiger partial charge >= 0.3 is 0 Å². The molecule has 0 atom stereocenters. The van der Waals surface area contributed by atoms with Crippen LogP contribution >= 0.6 is 11.8 Å². The van der Waals surface area contributed by atoms with E-state index in [9.17, 15) is 4.79 Å². The lowest BCUT2D eigenvalue weighted by Gasteiger charge is -2.03. The molecule has 0 saturated heterocycles. The van der Waals surface area contributed by atoms with Crippen LogP contribution in [0.2, 0.25) is 0 Å². The quantitative estimate of drug-likeness (QED) is 0.387. The molecule has 0 aliphatic heterocycles. The molecule has 0 aliphatic rings. The van der Waals surface area contributed by atoms with E-state index in [1.165, 1.54) is 11.8 Å². The van der Waals surface area contributed by atoms with Crippen molar-refractivity contribution in [2.75, 3.05) is 12.9 Å². The van der Waals surface area contributed by atoms with Crippen LogP contribution in [0.4, 0.5) is 0 Å². The van der Waals surface area contributed by atoms with Crippen molar-refractivity contribution in [1.82, 2.24) is 20.2 Å². The van der Waals surface area contributed by atoms with Gasteiger partial charge in [-0.3, -0.25) is 4.79 Å². The van der Waals surface area contributed by atoms with Gasteiger partial charge in [0.1, 0.15) is 5.75 Å². The number of nitrogens with one attached hydrogen (secondary N) is 1. The van der Waals surface area contributed by atoms with Crippen molar-refractivity contribution >= 4 is 23.9 Å². The summed E-state index contributed by atoms with van der Waals surface area (Å²) >= 11 is 1.31. The first-order valence-corrected chi connectivity index (χ1v) is 9.19. The van der Waals surface area contributed by atoms with Gasteiger partial charge in [-0.2, -0.15) is 5.10 Å². The summed E-state index contributed by atoms with van der Waals surface area (Å²) in [5, 5.41) is 13.0. The molecule has 1 amide bonds. The molecule has 0 spiro atoms. The molecule has 1 heterocycles. The average Bonchev–Trinajstić information content (AvgIpc) is 3.07. The highest BCUT2D eigenvalue weighted by Crippen LogP contribution is 2.22. The minimum absolute atomic E-state index is 0.191. The van der Waals surface area contributed by atoms with E-state index in [2.05, 4.69) is 20.7 Å². The Hall–Kier alpha value is -3.13. The summed E-state index contributed by atoms with van der Waals surface area (Å²) < 4.78 is 7.02. The molecule has 7 nitrogen and oxygen atoms in total. The number of amides is 1. The van der Waals surface area contributed by atoms with Crippen molar-refractivity contribution in [3.8, 4) is 17.1 Å². The van der Waals surface area contributed by atoms with Crippen LogP contribution < -0.4 is 10.2 Å². The maximum atomic E-state index is 12.0. The zero-order valence-electron chi connectivity index (χ0n) is 15.0. The number of nitrogens with zero attached hydrogens (tertiary/aromatic N) is 4. The van der Waals surface area contributed by atoms with Crippen LogP contribution in [0.1, 0.15) is 5.56 Å². The molecule has 0 bridgehead atoms. The van der Waals surface area contributed by atoms with Crippen molar-refractivity contribution in [3.63, 3.8) is 0 Å². The van der Waals surface area contributed by atoms with Gasteiger partial charge in [0.05, 0.1) is 19.1 Å². The number of benzene rings is 2. The van der Waals surface area contributed by atoms with Crippen LogP contribution in [0.25, 0.3) is 11.4 Å². The van der Waals surface area contributed by atoms with Gasteiger partial charge in [0.15, 0.2) is 11.0 Å². The van der Waals surface area contributed by atoms with Crippen LogP contribution in [0.3, 0.4) is 0 Å². The van der Waals surface area contributed by atoms with Crippen LogP contribution in [-0.2, 0) is 11.8 Å². The van der Waals surface area contributed by atoms with Gasteiger partial charge in [0.2, 0.25) is 0 Å². The van der Waals surface area contributed by atoms with E-state index in [4.69, 9.17) is 4.74 Å². The number of aromatic nitrogens is 3. The zero-order chi connectivity index (χ0) is 19.1. The summed E-state index contributed by atoms with van der Waals surface area (Å²) in [6.07, 6.45) is 1.57. The van der Waals surface area contributed by atoms with E-state index in [-0.39, 0.29) is 11.7 Å². The largest absolute Gasteiger partial charge is 0.497 e. The topological polar surface area (TPSA) is 81.4 Å². The summed E-state index contributed by atoms with van der Waals surface area (Å²) in [6.45, 7) is 0. The summed E-state index contributed by atoms with van der Waals surface area (Å²) in [7, 11) is 3.48. The predicted molar refractivity (Wildman–Crippen MR) is 106 cm³/mol. The number of carbonyl (C=O) groups is 1. The number of ether oxygens (including phenoxy) is 1. The maximum absolute atomic E-state index is 12.0. The van der Waals surface area contributed by atoms with Crippen molar-refractivity contribution in [3.05, 3.63) is 60.2 Å². The third-order valence-corrected chi connectivity index (χ3v) is 4.72. The van der Waals surface area contributed by atoms with Gasteiger partial charge in [-0.15, -0.1) is 10.2 Å². The summed E-state index contributed by atoms with van der Waals surface area (Å²) in [6, 6.07) is 17.2. The van der Waals surface area contributed by atoms with Crippen molar-refractivity contribution in [2.45, 2.75) is 5.16 Å². The van der Waals surface area contributed by atoms with Crippen LogP contribution in [0, 0.1) is 0 Å². The van der Waals surface area contributed by atoms with Crippen LogP contribution in [0.15, 0.2) is 64.9 Å². The van der Waals surface area contributed by atoms with Gasteiger partial charge in [0, 0.05) is 12.6 Å². The Kier molecular flexibility index (Phi) is 6.22. The third-order valence-electron chi connectivity index (χ3n) is 3.70. The van der Waals surface area contributed by atoms with E-state index in [0.717, 1.165) is 22.7 Å². The van der Waals surface area contributed by atoms with Crippen molar-refractivity contribution in [2.24, 2.45) is 12.1 Å². The van der Waals surface area contributed by atoms with Gasteiger partial charge in [-0.1, -0.05) is 54.2 Å². The Morgan fingerprint density at radius 3 is 2.81 bits per heavy atom. The molecule has 1 N–H and O–H groups in total. The maximum Gasteiger partial charge on any atom is 0.250 e. The lowest BCUT2D eigenvalue weighted by molar-refractivity contribution is -0.118. The van der Waals surface area contributed by atoms with E-state index >= 15 is 0 Å². The fourth-order valence-corrected chi connectivity index (χ4v) is 3.05. The lowest BCUT2D eigenvalue weighted by Crippen LogP contribution is -2.19. The van der Waals surface area contributed by atoms with Gasteiger partial charge in [-0.25, -0.2) is 5.43 Å². The second kappa shape index (κ2) is 9.00. The molecule has 8 heteroatoms. The van der Waals surface area contributed by atoms with Gasteiger partial charge < -0.3 is 9.30 Å². The number of methoxy groups -OCH3 is 1. The normalized spacial score (nSPS) is 10.9. The first-order valence-electron chi connectivity index (χ1n) is 8.21. The van der Waals surface area contributed by atoms with Gasteiger partial charge in [0.25, 0.3) is 5.91 Å². The standard InChI is InChI=1S/C19H19N5O2S/c1-24-18(15-8-4-3-5-9-15)22-23-19(24)27-13-17(25)21-20-12-14-7-6-10-16(11-14)26-2/h3-12H,13H2,1-2H3,(H,21,25)/b20-12+. The predicted octanol–water partition coefficient (Wildman–Crippen LogP) is 2.73. The van der Waals surface area contributed by atoms with E-state index in [0.29, 0.717) is 5.16 Å². The number of rotatable bonds is 7. The summed E-state index contributed by atoms with van der Waals surface area (Å²) in [5.74, 6) is 1.46. The number of carbonyl (C=O) groups excluding carboxylic acids is 1. The Labute approximate surface area is 161 Å². The molecular formula is C19H19N5O2S. The fraction of sp³-hybridized carbons (Fsp3) is 0.158. The second-order valence-corrected chi connectivity index (χ2v) is 6.53. The van der Waals surface area contributed by atoms with Crippen LogP contribution in [-0.4, -0.2) is 39.7 Å². The first kappa shape index (κ1) is 18.7. The number of hydrogen-bond acceptors (Lipinski definition) is 6. The molecule has 0 aliphatic carbocycles. The molecule has 0 fully saturated rings. The third kappa shape index (κ3) is 4.95. The van der Waals surface area contributed by atoms with Crippen molar-refractivity contribution < 1.29 is 9.53 Å². The smallest absolute Gasteiger partial charge is 0.250 e. The van der Waals surface area contributed by atoms with E-state index < -0.39 is 0 Å². The summed E-state index contributed by atoms with van der Waals surface area (Å²) in [4.78, 5) is 12.0. The lowest BCUT2D eigenvalue weighted by atomic mass is 10.2. The number of hydrogen-bond donors (Lipinski definition) is 1. The Bertz CT molecular complexity index is 940. The highest BCUT2D eigenvalue weighted by Gasteiger charge is 2.12. The minimum Gasteiger partial charge on any atom is -0.497 e.